The van der Waals surface area contributed by atoms with E-state index in [0.717, 1.165) is 54.8 Å². The molecule has 4 aliphatic heterocycles. The number of carbonyl (C=O) groups is 2. The van der Waals surface area contributed by atoms with Gasteiger partial charge in [0.15, 0.2) is 0 Å². The lowest BCUT2D eigenvalue weighted by molar-refractivity contribution is -0.149. The third-order valence-electron chi connectivity index (χ3n) is 8.00. The van der Waals surface area contributed by atoms with Gasteiger partial charge >= 0.3 is 5.97 Å². The highest BCUT2D eigenvalue weighted by molar-refractivity contribution is 6.09. The van der Waals surface area contributed by atoms with Crippen molar-refractivity contribution < 1.29 is 19.1 Å². The minimum atomic E-state index is -0.918. The summed E-state index contributed by atoms with van der Waals surface area (Å²) in [5.41, 5.74) is 2.03. The molecule has 4 heterocycles. The molecule has 1 amide bonds. The third kappa shape index (κ3) is 2.76. The fourth-order valence-corrected chi connectivity index (χ4v) is 6.90. The van der Waals surface area contributed by atoms with Gasteiger partial charge in [-0.2, -0.15) is 0 Å². The minimum Gasteiger partial charge on any atom is -0.493 e. The van der Waals surface area contributed by atoms with Crippen LogP contribution in [0.25, 0.3) is 0 Å². The summed E-state index contributed by atoms with van der Waals surface area (Å²) < 4.78 is 11.9. The molecule has 4 atom stereocenters. The van der Waals surface area contributed by atoms with Crippen LogP contribution in [-0.2, 0) is 19.9 Å². The summed E-state index contributed by atoms with van der Waals surface area (Å²) in [6.45, 7) is 4.23. The maximum atomic E-state index is 14.6. The molecule has 2 aromatic rings. The molecular weight excluding hydrogens is 416 g/mol. The maximum absolute atomic E-state index is 14.6. The van der Waals surface area contributed by atoms with Crippen molar-refractivity contribution in [2.75, 3.05) is 31.2 Å². The quantitative estimate of drug-likeness (QED) is 0.656. The first-order valence-electron chi connectivity index (χ1n) is 12.3. The molecule has 0 aliphatic carbocycles. The number of fused-ring (bicyclic) bond motifs is 6. The Morgan fingerprint density at radius 2 is 1.91 bits per heavy atom. The zero-order valence-corrected chi connectivity index (χ0v) is 19.0. The van der Waals surface area contributed by atoms with Crippen LogP contribution in [0.4, 0.5) is 5.69 Å². The number of rotatable bonds is 2. The van der Waals surface area contributed by atoms with Crippen molar-refractivity contribution in [3.63, 3.8) is 0 Å². The number of para-hydroxylation sites is 2. The Kier molecular flexibility index (Phi) is 4.94. The van der Waals surface area contributed by atoms with Crippen molar-refractivity contribution in [3.05, 3.63) is 59.7 Å². The van der Waals surface area contributed by atoms with Gasteiger partial charge in [-0.1, -0.05) is 36.4 Å². The Balaban J connectivity index is 1.67. The van der Waals surface area contributed by atoms with E-state index in [4.69, 9.17) is 9.47 Å². The number of esters is 1. The predicted molar refractivity (Wildman–Crippen MR) is 124 cm³/mol. The monoisotopic (exact) mass is 446 g/mol. The lowest BCUT2D eigenvalue weighted by Gasteiger charge is -2.38. The van der Waals surface area contributed by atoms with Crippen LogP contribution in [0, 0.1) is 5.92 Å². The summed E-state index contributed by atoms with van der Waals surface area (Å²) in [5, 5.41) is 0. The zero-order valence-electron chi connectivity index (χ0n) is 19.0. The molecule has 0 unspecified atom stereocenters. The highest BCUT2D eigenvalue weighted by Crippen LogP contribution is 2.63. The van der Waals surface area contributed by atoms with Crippen LogP contribution in [0.1, 0.15) is 49.7 Å². The molecule has 6 rings (SSSR count). The predicted octanol–water partition coefficient (Wildman–Crippen LogP) is 3.84. The van der Waals surface area contributed by atoms with Crippen molar-refractivity contribution in [3.8, 4) is 5.75 Å². The van der Waals surface area contributed by atoms with E-state index < -0.39 is 11.5 Å². The smallest absolute Gasteiger partial charge is 0.311 e. The van der Waals surface area contributed by atoms with Crippen molar-refractivity contribution >= 4 is 17.6 Å². The Morgan fingerprint density at radius 3 is 2.79 bits per heavy atom. The van der Waals surface area contributed by atoms with Gasteiger partial charge < -0.3 is 14.4 Å². The van der Waals surface area contributed by atoms with E-state index in [-0.39, 0.29) is 23.8 Å². The van der Waals surface area contributed by atoms with E-state index in [2.05, 4.69) is 17.0 Å². The summed E-state index contributed by atoms with van der Waals surface area (Å²) in [6.07, 6.45) is 3.60. The largest absolute Gasteiger partial charge is 0.493 e. The van der Waals surface area contributed by atoms with E-state index in [1.165, 1.54) is 0 Å². The Bertz CT molecular complexity index is 1100. The van der Waals surface area contributed by atoms with Crippen molar-refractivity contribution in [1.82, 2.24) is 4.90 Å². The van der Waals surface area contributed by atoms with E-state index in [1.54, 1.807) is 0 Å². The first kappa shape index (κ1) is 20.7. The van der Waals surface area contributed by atoms with Crippen LogP contribution in [0.2, 0.25) is 0 Å². The van der Waals surface area contributed by atoms with Gasteiger partial charge in [-0.15, -0.1) is 0 Å². The molecule has 2 fully saturated rings. The van der Waals surface area contributed by atoms with E-state index in [1.807, 2.05) is 48.2 Å². The molecule has 33 heavy (non-hydrogen) atoms. The van der Waals surface area contributed by atoms with Crippen LogP contribution >= 0.6 is 0 Å². The fraction of sp³-hybridized carbons (Fsp3) is 0.481. The first-order chi connectivity index (χ1) is 16.2. The summed E-state index contributed by atoms with van der Waals surface area (Å²) in [6, 6.07) is 16.2. The van der Waals surface area contributed by atoms with Crippen LogP contribution in [-0.4, -0.2) is 49.1 Å². The zero-order chi connectivity index (χ0) is 22.6. The summed E-state index contributed by atoms with van der Waals surface area (Å²) in [4.78, 5) is 32.4. The highest BCUT2D eigenvalue weighted by atomic mass is 16.5. The third-order valence-corrected chi connectivity index (χ3v) is 8.00. The Labute approximate surface area is 194 Å². The topological polar surface area (TPSA) is 59.1 Å². The van der Waals surface area contributed by atoms with Crippen LogP contribution in [0.5, 0.6) is 5.75 Å². The molecular formula is C27H30N2O4. The second kappa shape index (κ2) is 7.87. The second-order valence-electron chi connectivity index (χ2n) is 9.49. The van der Waals surface area contributed by atoms with Gasteiger partial charge in [-0.05, 0) is 51.3 Å². The lowest BCUT2D eigenvalue weighted by atomic mass is 9.70. The van der Waals surface area contributed by atoms with Gasteiger partial charge in [0.05, 0.1) is 19.1 Å². The molecule has 4 aliphatic rings. The van der Waals surface area contributed by atoms with Gasteiger partial charge in [0, 0.05) is 35.3 Å². The molecule has 0 N–H and O–H groups in total. The molecule has 0 radical (unpaired) electrons. The van der Waals surface area contributed by atoms with E-state index in [0.29, 0.717) is 19.8 Å². The van der Waals surface area contributed by atoms with Crippen LogP contribution < -0.4 is 9.64 Å². The molecule has 172 valence electrons. The number of benzene rings is 2. The van der Waals surface area contributed by atoms with Gasteiger partial charge in [0.1, 0.15) is 11.3 Å². The Morgan fingerprint density at radius 1 is 1.09 bits per heavy atom. The van der Waals surface area contributed by atoms with Crippen LogP contribution in [0.3, 0.4) is 0 Å². The molecule has 2 saturated heterocycles. The van der Waals surface area contributed by atoms with Crippen molar-refractivity contribution in [1.29, 1.82) is 0 Å². The standard InChI is InChI=1S/C27H30N2O4/c1-2-32-25(30)23-21-13-9-16-29(21)27-19-11-4-5-12-20(19)28(26(27)31)15-7-8-17-33-22-14-6-3-10-18(22)24(23)27/h3-6,10-12,14,21,23-24H,2,7-9,13,15-17H2,1H3/t21-,23-,24+,27+/m0/s1. The first-order valence-corrected chi connectivity index (χ1v) is 12.3. The van der Waals surface area contributed by atoms with Gasteiger partial charge in [0.2, 0.25) is 0 Å². The highest BCUT2D eigenvalue weighted by Gasteiger charge is 2.71. The van der Waals surface area contributed by atoms with E-state index >= 15 is 0 Å². The number of carbonyl (C=O) groups excluding carboxylic acids is 2. The van der Waals surface area contributed by atoms with Gasteiger partial charge in [0.25, 0.3) is 5.91 Å². The SMILES string of the molecule is CCOC(=O)[C@@H]1[C@H]2c3ccccc3OCCCCN3C(=O)[C@]2(c2ccccc23)N2CCC[C@@H]12. The van der Waals surface area contributed by atoms with Crippen LogP contribution in [0.15, 0.2) is 48.5 Å². The van der Waals surface area contributed by atoms with Gasteiger partial charge in [-0.3, -0.25) is 14.5 Å². The fourth-order valence-electron chi connectivity index (χ4n) is 6.90. The van der Waals surface area contributed by atoms with Gasteiger partial charge in [-0.25, -0.2) is 0 Å². The van der Waals surface area contributed by atoms with Crippen molar-refractivity contribution in [2.45, 2.75) is 50.1 Å². The molecule has 0 saturated carbocycles. The summed E-state index contributed by atoms with van der Waals surface area (Å²) >= 11 is 0. The average Bonchev–Trinajstić information content (AvgIpc) is 3.46. The number of hydrogen-bond donors (Lipinski definition) is 0. The molecule has 2 bridgehead atoms. The second-order valence-corrected chi connectivity index (χ2v) is 9.49. The van der Waals surface area contributed by atoms with Crippen molar-refractivity contribution in [2.24, 2.45) is 5.92 Å². The van der Waals surface area contributed by atoms with E-state index in [9.17, 15) is 9.59 Å². The normalized spacial score (nSPS) is 30.5. The maximum Gasteiger partial charge on any atom is 0.311 e. The number of amides is 1. The molecule has 0 aromatic heterocycles. The number of anilines is 1. The summed E-state index contributed by atoms with van der Waals surface area (Å²) in [7, 11) is 0. The summed E-state index contributed by atoms with van der Waals surface area (Å²) in [5.74, 6) is -0.110. The molecule has 6 nitrogen and oxygen atoms in total. The number of nitrogens with zero attached hydrogens (tertiary/aromatic N) is 2. The number of ether oxygens (including phenoxy) is 2. The minimum absolute atomic E-state index is 0.0259. The molecule has 2 aromatic carbocycles. The molecule has 1 spiro atoms. The Hall–Kier alpha value is -2.86. The lowest BCUT2D eigenvalue weighted by Crippen LogP contribution is -2.52. The number of hydrogen-bond acceptors (Lipinski definition) is 5. The molecule has 6 heteroatoms. The average molecular weight is 447 g/mol.